The summed E-state index contributed by atoms with van der Waals surface area (Å²) < 4.78 is 10.4. The molecule has 0 aliphatic carbocycles. The molecule has 28 heavy (non-hydrogen) atoms. The van der Waals surface area contributed by atoms with Crippen LogP contribution in [0.5, 0.6) is 5.75 Å². The Morgan fingerprint density at radius 2 is 1.79 bits per heavy atom. The molecular weight excluding hydrogens is 354 g/mol. The molecule has 0 aliphatic rings. The summed E-state index contributed by atoms with van der Waals surface area (Å²) in [6.45, 7) is 10.3. The molecule has 3 aromatic rings. The molecule has 0 spiro atoms. The Morgan fingerprint density at radius 1 is 1.07 bits per heavy atom. The van der Waals surface area contributed by atoms with Gasteiger partial charge in [-0.05, 0) is 58.9 Å². The predicted octanol–water partition coefficient (Wildman–Crippen LogP) is 4.67. The van der Waals surface area contributed by atoms with Crippen molar-refractivity contribution in [2.45, 2.75) is 40.0 Å². The highest BCUT2D eigenvalue weighted by atomic mass is 16.6. The molecule has 0 fully saturated rings. The van der Waals surface area contributed by atoms with Crippen molar-refractivity contribution in [3.05, 3.63) is 59.2 Å². The SMILES string of the molecule is Cc1ccc(C)c(-c2nonc2NC(=O)COc2ccc(C(C)(C)C)cc2)c1. The molecule has 0 radical (unpaired) electrons. The molecule has 2 aromatic carbocycles. The van der Waals surface area contributed by atoms with Crippen molar-refractivity contribution in [2.24, 2.45) is 0 Å². The van der Waals surface area contributed by atoms with Crippen LogP contribution in [0.4, 0.5) is 5.82 Å². The van der Waals surface area contributed by atoms with E-state index >= 15 is 0 Å². The van der Waals surface area contributed by atoms with Gasteiger partial charge in [-0.3, -0.25) is 4.79 Å². The van der Waals surface area contributed by atoms with Gasteiger partial charge in [0.15, 0.2) is 12.3 Å². The number of carbonyl (C=O) groups excluding carboxylic acids is 1. The van der Waals surface area contributed by atoms with Gasteiger partial charge in [-0.2, -0.15) is 0 Å². The Balaban J connectivity index is 1.65. The second-order valence-electron chi connectivity index (χ2n) is 7.89. The van der Waals surface area contributed by atoms with Crippen molar-refractivity contribution >= 4 is 11.7 Å². The maximum atomic E-state index is 12.3. The van der Waals surface area contributed by atoms with Crippen molar-refractivity contribution in [3.8, 4) is 17.0 Å². The second kappa shape index (κ2) is 7.84. The molecule has 3 rings (SSSR count). The highest BCUT2D eigenvalue weighted by Gasteiger charge is 2.17. The lowest BCUT2D eigenvalue weighted by Crippen LogP contribution is -2.21. The summed E-state index contributed by atoms with van der Waals surface area (Å²) in [7, 11) is 0. The van der Waals surface area contributed by atoms with E-state index in [0.29, 0.717) is 11.4 Å². The number of carbonyl (C=O) groups is 1. The minimum atomic E-state index is -0.331. The van der Waals surface area contributed by atoms with E-state index in [1.807, 2.05) is 56.3 Å². The fraction of sp³-hybridized carbons (Fsp3) is 0.318. The third kappa shape index (κ3) is 4.57. The number of amides is 1. The number of nitrogens with one attached hydrogen (secondary N) is 1. The Morgan fingerprint density at radius 3 is 2.46 bits per heavy atom. The first-order valence-electron chi connectivity index (χ1n) is 9.17. The quantitative estimate of drug-likeness (QED) is 0.697. The van der Waals surface area contributed by atoms with E-state index in [-0.39, 0.29) is 23.7 Å². The van der Waals surface area contributed by atoms with Gasteiger partial charge in [0, 0.05) is 5.56 Å². The van der Waals surface area contributed by atoms with Crippen LogP contribution in [-0.4, -0.2) is 22.8 Å². The van der Waals surface area contributed by atoms with Crippen LogP contribution in [0.2, 0.25) is 0 Å². The van der Waals surface area contributed by atoms with Crippen molar-refractivity contribution in [3.63, 3.8) is 0 Å². The zero-order valence-electron chi connectivity index (χ0n) is 16.9. The van der Waals surface area contributed by atoms with Crippen molar-refractivity contribution in [1.29, 1.82) is 0 Å². The minimum Gasteiger partial charge on any atom is -0.484 e. The van der Waals surface area contributed by atoms with Crippen LogP contribution in [0, 0.1) is 13.8 Å². The number of nitrogens with zero attached hydrogens (tertiary/aromatic N) is 2. The third-order valence-electron chi connectivity index (χ3n) is 4.48. The highest BCUT2D eigenvalue weighted by molar-refractivity contribution is 5.94. The molecule has 1 amide bonds. The minimum absolute atomic E-state index is 0.0696. The Hall–Kier alpha value is -3.15. The first-order chi connectivity index (χ1) is 13.2. The van der Waals surface area contributed by atoms with Crippen LogP contribution in [0.15, 0.2) is 47.1 Å². The Labute approximate surface area is 164 Å². The maximum Gasteiger partial charge on any atom is 0.263 e. The van der Waals surface area contributed by atoms with E-state index in [4.69, 9.17) is 9.37 Å². The van der Waals surface area contributed by atoms with Crippen LogP contribution in [-0.2, 0) is 10.2 Å². The van der Waals surface area contributed by atoms with Gasteiger partial charge in [0.1, 0.15) is 5.75 Å². The number of rotatable bonds is 5. The summed E-state index contributed by atoms with van der Waals surface area (Å²) in [5.74, 6) is 0.587. The fourth-order valence-electron chi connectivity index (χ4n) is 2.81. The number of hydrogen-bond donors (Lipinski definition) is 1. The number of aryl methyl sites for hydroxylation is 2. The highest BCUT2D eigenvalue weighted by Crippen LogP contribution is 2.28. The standard InChI is InChI=1S/C22H25N3O3/c1-14-6-7-15(2)18(12-14)20-21(25-28-24-20)23-19(26)13-27-17-10-8-16(9-11-17)22(3,4)5/h6-12H,13H2,1-5H3,(H,23,25,26). The first kappa shape index (κ1) is 19.6. The number of hydrogen-bond acceptors (Lipinski definition) is 5. The smallest absolute Gasteiger partial charge is 0.263 e. The molecule has 0 unspecified atom stereocenters. The van der Waals surface area contributed by atoms with Gasteiger partial charge in [0.25, 0.3) is 5.91 Å². The molecule has 6 nitrogen and oxygen atoms in total. The number of benzene rings is 2. The molecule has 0 saturated carbocycles. The number of anilines is 1. The molecule has 1 aromatic heterocycles. The van der Waals surface area contributed by atoms with E-state index < -0.39 is 0 Å². The van der Waals surface area contributed by atoms with Gasteiger partial charge in [-0.1, -0.05) is 50.6 Å². The normalized spacial score (nSPS) is 11.3. The second-order valence-corrected chi connectivity index (χ2v) is 7.89. The summed E-state index contributed by atoms with van der Waals surface area (Å²) in [5, 5.41) is 10.5. The average Bonchev–Trinajstić information content (AvgIpc) is 3.09. The zero-order valence-corrected chi connectivity index (χ0v) is 16.9. The lowest BCUT2D eigenvalue weighted by molar-refractivity contribution is -0.118. The molecule has 1 N–H and O–H groups in total. The molecular formula is C22H25N3O3. The Kier molecular flexibility index (Phi) is 5.49. The fourth-order valence-corrected chi connectivity index (χ4v) is 2.81. The van der Waals surface area contributed by atoms with Crippen LogP contribution in [0.3, 0.4) is 0 Å². The topological polar surface area (TPSA) is 77.3 Å². The lowest BCUT2D eigenvalue weighted by atomic mass is 9.87. The van der Waals surface area contributed by atoms with Crippen molar-refractivity contribution in [2.75, 3.05) is 11.9 Å². The summed E-state index contributed by atoms with van der Waals surface area (Å²) in [4.78, 5) is 12.3. The predicted molar refractivity (Wildman–Crippen MR) is 108 cm³/mol. The van der Waals surface area contributed by atoms with Gasteiger partial charge in [-0.25, -0.2) is 4.63 Å². The molecule has 1 heterocycles. The average molecular weight is 379 g/mol. The maximum absolute atomic E-state index is 12.3. The zero-order chi connectivity index (χ0) is 20.3. The van der Waals surface area contributed by atoms with Gasteiger partial charge in [-0.15, -0.1) is 0 Å². The van der Waals surface area contributed by atoms with Gasteiger partial charge in [0.2, 0.25) is 5.82 Å². The third-order valence-corrected chi connectivity index (χ3v) is 4.48. The molecule has 0 saturated heterocycles. The monoisotopic (exact) mass is 379 g/mol. The first-order valence-corrected chi connectivity index (χ1v) is 9.17. The van der Waals surface area contributed by atoms with E-state index in [0.717, 1.165) is 16.7 Å². The largest absolute Gasteiger partial charge is 0.484 e. The van der Waals surface area contributed by atoms with Gasteiger partial charge in [0.05, 0.1) is 0 Å². The van der Waals surface area contributed by atoms with E-state index in [1.54, 1.807) is 0 Å². The van der Waals surface area contributed by atoms with E-state index in [1.165, 1.54) is 5.56 Å². The summed E-state index contributed by atoms with van der Waals surface area (Å²) >= 11 is 0. The van der Waals surface area contributed by atoms with Crippen LogP contribution >= 0.6 is 0 Å². The molecule has 6 heteroatoms. The molecule has 0 atom stereocenters. The summed E-state index contributed by atoms with van der Waals surface area (Å²) in [6, 6.07) is 13.7. The van der Waals surface area contributed by atoms with Crippen molar-refractivity contribution in [1.82, 2.24) is 10.3 Å². The lowest BCUT2D eigenvalue weighted by Gasteiger charge is -2.19. The summed E-state index contributed by atoms with van der Waals surface area (Å²) in [6.07, 6.45) is 0. The van der Waals surface area contributed by atoms with Gasteiger partial charge < -0.3 is 10.1 Å². The van der Waals surface area contributed by atoms with E-state index in [9.17, 15) is 4.79 Å². The number of ether oxygens (including phenoxy) is 1. The van der Waals surface area contributed by atoms with Crippen LogP contribution in [0.1, 0.15) is 37.5 Å². The van der Waals surface area contributed by atoms with Gasteiger partial charge >= 0.3 is 0 Å². The van der Waals surface area contributed by atoms with Crippen LogP contribution < -0.4 is 10.1 Å². The molecule has 146 valence electrons. The van der Waals surface area contributed by atoms with Crippen molar-refractivity contribution < 1.29 is 14.2 Å². The summed E-state index contributed by atoms with van der Waals surface area (Å²) in [5.41, 5.74) is 4.76. The number of aromatic nitrogens is 2. The van der Waals surface area contributed by atoms with E-state index in [2.05, 4.69) is 36.4 Å². The molecule has 0 bridgehead atoms. The Bertz CT molecular complexity index is 969. The van der Waals surface area contributed by atoms with Crippen LogP contribution in [0.25, 0.3) is 11.3 Å². The molecule has 0 aliphatic heterocycles.